The topological polar surface area (TPSA) is 101 Å². The molecule has 10 heteroatoms. The first kappa shape index (κ1) is 27.0. The maximum Gasteiger partial charge on any atom is 0.242 e. The second-order valence-electron chi connectivity index (χ2n) is 14.0. The van der Waals surface area contributed by atoms with Crippen molar-refractivity contribution in [3.8, 4) is 11.4 Å². The van der Waals surface area contributed by atoms with Gasteiger partial charge in [-0.2, -0.15) is 10.2 Å². The number of hydrogen-bond acceptors (Lipinski definition) is 6. The van der Waals surface area contributed by atoms with E-state index in [9.17, 15) is 9.59 Å². The van der Waals surface area contributed by atoms with Gasteiger partial charge in [0.2, 0.25) is 11.8 Å². The van der Waals surface area contributed by atoms with Gasteiger partial charge >= 0.3 is 0 Å². The first-order valence-corrected chi connectivity index (χ1v) is 16.3. The Bertz CT molecular complexity index is 1850. The van der Waals surface area contributed by atoms with Crippen LogP contribution in [0, 0.1) is 11.3 Å². The van der Waals surface area contributed by atoms with Gasteiger partial charge in [-0.3, -0.25) is 14.3 Å². The molecule has 45 heavy (non-hydrogen) atoms. The summed E-state index contributed by atoms with van der Waals surface area (Å²) in [6, 6.07) is 16.8. The van der Waals surface area contributed by atoms with Gasteiger partial charge in [0.15, 0.2) is 5.82 Å². The molecule has 2 bridgehead atoms. The number of aryl methyl sites for hydroxylation is 1. The van der Waals surface area contributed by atoms with Crippen LogP contribution < -0.4 is 5.32 Å². The highest BCUT2D eigenvalue weighted by atomic mass is 16.2. The van der Waals surface area contributed by atoms with Crippen molar-refractivity contribution in [1.29, 1.82) is 0 Å². The third-order valence-corrected chi connectivity index (χ3v) is 11.3. The van der Waals surface area contributed by atoms with Crippen LogP contribution in [0.2, 0.25) is 0 Å². The first-order valence-electron chi connectivity index (χ1n) is 16.3. The number of para-hydroxylation sites is 1. The molecule has 2 amide bonds. The molecule has 10 rings (SSSR count). The number of nitrogens with zero attached hydrogens (tertiary/aromatic N) is 7. The molecule has 0 radical (unpaired) electrons. The average molecular weight is 603 g/mol. The van der Waals surface area contributed by atoms with Crippen molar-refractivity contribution in [1.82, 2.24) is 39.7 Å². The third kappa shape index (κ3) is 4.14. The minimum Gasteiger partial charge on any atom is -0.337 e. The lowest BCUT2D eigenvalue weighted by atomic mass is 9.43. The van der Waals surface area contributed by atoms with E-state index in [0.29, 0.717) is 31.9 Å². The number of likely N-dealkylation sites (tertiary alicyclic amines) is 1. The lowest BCUT2D eigenvalue weighted by molar-refractivity contribution is -0.143. The molecule has 6 aliphatic rings. The average Bonchev–Trinajstić information content (AvgIpc) is 3.81. The van der Waals surface area contributed by atoms with Crippen LogP contribution in [0.4, 0.5) is 0 Å². The minimum absolute atomic E-state index is 0.000614. The zero-order valence-electron chi connectivity index (χ0n) is 25.7. The molecule has 2 aromatic heterocycles. The van der Waals surface area contributed by atoms with Gasteiger partial charge in [-0.1, -0.05) is 48.5 Å². The van der Waals surface area contributed by atoms with E-state index in [0.717, 1.165) is 41.9 Å². The van der Waals surface area contributed by atoms with E-state index in [4.69, 9.17) is 5.10 Å². The molecule has 230 valence electrons. The number of amides is 2. The highest BCUT2D eigenvalue weighted by Crippen LogP contribution is 2.65. The predicted molar refractivity (Wildman–Crippen MR) is 170 cm³/mol. The van der Waals surface area contributed by atoms with Gasteiger partial charge in [0, 0.05) is 49.5 Å². The van der Waals surface area contributed by atoms with Gasteiger partial charge in [-0.25, -0.2) is 9.67 Å². The maximum absolute atomic E-state index is 14.2. The SMILES string of the molecule is Cn1cnc(-c2ccc(C3=CCN(C(=O)CN4C(=O)C5(CCNC5)C[C@@H]4n4nc(C56CC(C5)C6)c5ccccc54)CC3)cc2)n1. The van der Waals surface area contributed by atoms with Gasteiger partial charge in [-0.05, 0) is 61.8 Å². The molecule has 2 saturated heterocycles. The number of fused-ring (bicyclic) bond motifs is 1. The van der Waals surface area contributed by atoms with E-state index in [-0.39, 0.29) is 29.9 Å². The van der Waals surface area contributed by atoms with Crippen molar-refractivity contribution in [2.75, 3.05) is 32.7 Å². The maximum atomic E-state index is 14.2. The summed E-state index contributed by atoms with van der Waals surface area (Å²) in [5, 5.41) is 14.3. The predicted octanol–water partition coefficient (Wildman–Crippen LogP) is 3.91. The molecule has 1 N–H and O–H groups in total. The Hall–Kier alpha value is -4.31. The summed E-state index contributed by atoms with van der Waals surface area (Å²) < 4.78 is 3.80. The van der Waals surface area contributed by atoms with Crippen molar-refractivity contribution in [3.63, 3.8) is 0 Å². The monoisotopic (exact) mass is 602 g/mol. The Kier molecular flexibility index (Phi) is 5.91. The molecule has 2 aromatic carbocycles. The Labute approximate surface area is 262 Å². The van der Waals surface area contributed by atoms with E-state index < -0.39 is 5.41 Å². The van der Waals surface area contributed by atoms with Crippen LogP contribution in [0.15, 0.2) is 60.9 Å². The van der Waals surface area contributed by atoms with Crippen molar-refractivity contribution < 1.29 is 9.59 Å². The summed E-state index contributed by atoms with van der Waals surface area (Å²) in [5.74, 6) is 1.65. The summed E-state index contributed by atoms with van der Waals surface area (Å²) >= 11 is 0. The molecule has 3 aliphatic heterocycles. The molecular formula is C35H38N8O2. The fourth-order valence-corrected chi connectivity index (χ4v) is 8.67. The lowest BCUT2D eigenvalue weighted by Gasteiger charge is -2.61. The standard InChI is InChI=1S/C35H38N8O2/c1-40-22-37-32(39-40)26-8-6-24(7-9-26)25-10-14-41(15-11-25)30(44)20-42-29(19-34(33(42)45)12-13-36-21-34)43-28-5-3-2-4-27(28)31(38-43)35-16-23(17-35)18-35/h2-10,22-23,29,36H,11-21H2,1H3/t23?,29-,34?,35?/m0/s1. The van der Waals surface area contributed by atoms with Gasteiger partial charge in [0.25, 0.3) is 0 Å². The van der Waals surface area contributed by atoms with Crippen LogP contribution in [0.5, 0.6) is 0 Å². The molecule has 4 aromatic rings. The molecule has 2 atom stereocenters. The fraction of sp³-hybridized carbons (Fsp3) is 0.457. The van der Waals surface area contributed by atoms with Crippen LogP contribution in [-0.2, 0) is 22.1 Å². The zero-order valence-corrected chi connectivity index (χ0v) is 25.7. The highest BCUT2D eigenvalue weighted by Gasteiger charge is 2.60. The quantitative estimate of drug-likeness (QED) is 0.359. The van der Waals surface area contributed by atoms with E-state index in [1.165, 1.54) is 35.9 Å². The zero-order chi connectivity index (χ0) is 30.3. The summed E-state index contributed by atoms with van der Waals surface area (Å²) in [4.78, 5) is 36.1. The summed E-state index contributed by atoms with van der Waals surface area (Å²) in [6.07, 6.45) is 9.52. The lowest BCUT2D eigenvalue weighted by Crippen LogP contribution is -2.55. The number of rotatable bonds is 6. The van der Waals surface area contributed by atoms with Crippen molar-refractivity contribution >= 4 is 28.3 Å². The molecule has 3 aliphatic carbocycles. The van der Waals surface area contributed by atoms with E-state index in [2.05, 4.69) is 62.6 Å². The molecule has 3 saturated carbocycles. The van der Waals surface area contributed by atoms with Crippen LogP contribution >= 0.6 is 0 Å². The molecule has 5 fully saturated rings. The third-order valence-electron chi connectivity index (χ3n) is 11.3. The Balaban J connectivity index is 0.960. The Morgan fingerprint density at radius 2 is 1.80 bits per heavy atom. The van der Waals surface area contributed by atoms with Crippen LogP contribution in [0.1, 0.15) is 55.9 Å². The molecule has 1 unspecified atom stereocenters. The van der Waals surface area contributed by atoms with E-state index in [1.807, 2.05) is 29.0 Å². The number of carbonyl (C=O) groups is 2. The Morgan fingerprint density at radius 3 is 2.47 bits per heavy atom. The van der Waals surface area contributed by atoms with Crippen molar-refractivity contribution in [2.45, 2.75) is 50.1 Å². The van der Waals surface area contributed by atoms with E-state index >= 15 is 0 Å². The number of carbonyl (C=O) groups excluding carboxylic acids is 2. The van der Waals surface area contributed by atoms with Gasteiger partial charge < -0.3 is 15.1 Å². The van der Waals surface area contributed by atoms with Gasteiger partial charge in [0.1, 0.15) is 19.0 Å². The second kappa shape index (κ2) is 9.84. The van der Waals surface area contributed by atoms with Gasteiger partial charge in [0.05, 0.1) is 16.6 Å². The first-order chi connectivity index (χ1) is 21.9. The second-order valence-corrected chi connectivity index (χ2v) is 14.0. The number of hydrogen-bond donors (Lipinski definition) is 1. The van der Waals surface area contributed by atoms with Crippen molar-refractivity contribution in [2.24, 2.45) is 18.4 Å². The number of benzene rings is 2. The summed E-state index contributed by atoms with van der Waals surface area (Å²) in [6.45, 7) is 2.74. The Morgan fingerprint density at radius 1 is 1.00 bits per heavy atom. The number of aromatic nitrogens is 5. The molecular weight excluding hydrogens is 564 g/mol. The summed E-state index contributed by atoms with van der Waals surface area (Å²) in [5.41, 5.74) is 5.37. The normalized spacial score (nSPS) is 28.9. The minimum atomic E-state index is -0.472. The fourth-order valence-electron chi connectivity index (χ4n) is 8.67. The largest absolute Gasteiger partial charge is 0.337 e. The van der Waals surface area contributed by atoms with Crippen molar-refractivity contribution in [3.05, 3.63) is 72.2 Å². The molecule has 1 spiro atoms. The highest BCUT2D eigenvalue weighted by molar-refractivity contribution is 5.91. The van der Waals surface area contributed by atoms with E-state index in [1.54, 1.807) is 11.0 Å². The van der Waals surface area contributed by atoms with Crippen LogP contribution in [0.3, 0.4) is 0 Å². The van der Waals surface area contributed by atoms with Gasteiger partial charge in [-0.15, -0.1) is 0 Å². The smallest absolute Gasteiger partial charge is 0.242 e. The van der Waals surface area contributed by atoms with Crippen LogP contribution in [0.25, 0.3) is 27.9 Å². The molecule has 10 nitrogen and oxygen atoms in total. The van der Waals surface area contributed by atoms with Crippen LogP contribution in [-0.4, -0.2) is 78.9 Å². The summed E-state index contributed by atoms with van der Waals surface area (Å²) in [7, 11) is 1.86. The number of nitrogens with one attached hydrogen (secondary N) is 1. The molecule has 5 heterocycles.